The maximum absolute atomic E-state index is 11.9. The number of nitrogens with one attached hydrogen (secondary N) is 1. The first-order valence-corrected chi connectivity index (χ1v) is 7.55. The van der Waals surface area contributed by atoms with Gasteiger partial charge in [-0.1, -0.05) is 0 Å². The molecule has 0 saturated carbocycles. The normalized spacial score (nSPS) is 17.7. The number of carbonyl (C=O) groups excluding carboxylic acids is 1. The summed E-state index contributed by atoms with van der Waals surface area (Å²) >= 11 is 0. The smallest absolute Gasteiger partial charge is 0.410 e. The fourth-order valence-corrected chi connectivity index (χ4v) is 2.41. The minimum atomic E-state index is -0.453. The molecule has 0 unspecified atom stereocenters. The summed E-state index contributed by atoms with van der Waals surface area (Å²) in [6, 6.07) is 6.03. The molecule has 1 aromatic rings. The van der Waals surface area contributed by atoms with Gasteiger partial charge in [0.05, 0.1) is 6.04 Å². The van der Waals surface area contributed by atoms with Gasteiger partial charge in [-0.3, -0.25) is 0 Å². The third-order valence-corrected chi connectivity index (χ3v) is 3.45. The maximum Gasteiger partial charge on any atom is 0.410 e. The van der Waals surface area contributed by atoms with Gasteiger partial charge >= 0.3 is 6.09 Å². The molecule has 1 N–H and O–H groups in total. The van der Waals surface area contributed by atoms with Gasteiger partial charge in [-0.05, 0) is 32.9 Å². The Morgan fingerprint density at radius 2 is 1.91 bits per heavy atom. The molecule has 2 heterocycles. The lowest BCUT2D eigenvalue weighted by atomic mass is 10.1. The number of amides is 1. The van der Waals surface area contributed by atoms with Gasteiger partial charge in [-0.25, -0.2) is 4.79 Å². The van der Waals surface area contributed by atoms with Crippen molar-refractivity contribution in [1.29, 1.82) is 0 Å². The fourth-order valence-electron chi connectivity index (χ4n) is 2.41. The summed E-state index contributed by atoms with van der Waals surface area (Å²) in [4.78, 5) is 13.6. The Hall–Kier alpha value is -2.11. The van der Waals surface area contributed by atoms with Crippen LogP contribution in [0.5, 0.6) is 11.5 Å². The Morgan fingerprint density at radius 3 is 2.59 bits per heavy atom. The van der Waals surface area contributed by atoms with Crippen molar-refractivity contribution in [1.82, 2.24) is 4.90 Å². The fraction of sp³-hybridized carbons (Fsp3) is 0.562. The largest absolute Gasteiger partial charge is 0.486 e. The highest BCUT2D eigenvalue weighted by molar-refractivity contribution is 5.70. The molecule has 1 amide bonds. The second-order valence-electron chi connectivity index (χ2n) is 6.59. The van der Waals surface area contributed by atoms with E-state index in [0.29, 0.717) is 26.3 Å². The van der Waals surface area contributed by atoms with Crippen molar-refractivity contribution in [2.45, 2.75) is 32.4 Å². The molecule has 1 saturated heterocycles. The summed E-state index contributed by atoms with van der Waals surface area (Å²) < 4.78 is 16.4. The quantitative estimate of drug-likeness (QED) is 0.909. The lowest BCUT2D eigenvalue weighted by Crippen LogP contribution is -2.57. The predicted octanol–water partition coefficient (Wildman–Crippen LogP) is 2.49. The standard InChI is InChI=1S/C16H22N2O4/c1-16(2,3)22-15(19)18-9-12(10-18)17-11-4-5-13-14(8-11)21-7-6-20-13/h4-5,8,12,17H,6-7,9-10H2,1-3H3. The molecule has 6 heteroatoms. The number of nitrogens with zero attached hydrogens (tertiary/aromatic N) is 1. The molecule has 3 rings (SSSR count). The average Bonchev–Trinajstić information content (AvgIpc) is 2.40. The van der Waals surface area contributed by atoms with Gasteiger partial charge in [0, 0.05) is 24.8 Å². The summed E-state index contributed by atoms with van der Waals surface area (Å²) in [5.74, 6) is 1.54. The summed E-state index contributed by atoms with van der Waals surface area (Å²) in [5, 5.41) is 3.39. The molecule has 6 nitrogen and oxygen atoms in total. The van der Waals surface area contributed by atoms with Crippen LogP contribution in [0.25, 0.3) is 0 Å². The van der Waals surface area contributed by atoms with E-state index < -0.39 is 5.60 Å². The minimum absolute atomic E-state index is 0.232. The van der Waals surface area contributed by atoms with Gasteiger partial charge in [-0.15, -0.1) is 0 Å². The van der Waals surface area contributed by atoms with Gasteiger partial charge in [-0.2, -0.15) is 0 Å². The Kier molecular flexibility index (Phi) is 3.76. The highest BCUT2D eigenvalue weighted by Crippen LogP contribution is 2.33. The minimum Gasteiger partial charge on any atom is -0.486 e. The van der Waals surface area contributed by atoms with E-state index >= 15 is 0 Å². The van der Waals surface area contributed by atoms with Crippen molar-refractivity contribution in [3.8, 4) is 11.5 Å². The van der Waals surface area contributed by atoms with Crippen molar-refractivity contribution < 1.29 is 19.0 Å². The van der Waals surface area contributed by atoms with E-state index in [9.17, 15) is 4.79 Å². The highest BCUT2D eigenvalue weighted by atomic mass is 16.6. The van der Waals surface area contributed by atoms with E-state index in [-0.39, 0.29) is 12.1 Å². The van der Waals surface area contributed by atoms with Crippen LogP contribution >= 0.6 is 0 Å². The van der Waals surface area contributed by atoms with Crippen LogP contribution in [0.1, 0.15) is 20.8 Å². The number of rotatable bonds is 2. The SMILES string of the molecule is CC(C)(C)OC(=O)N1CC(Nc2ccc3c(c2)OCCO3)C1. The van der Waals surface area contributed by atoms with E-state index in [0.717, 1.165) is 17.2 Å². The Labute approximate surface area is 130 Å². The summed E-state index contributed by atoms with van der Waals surface area (Å²) in [5.41, 5.74) is 0.518. The van der Waals surface area contributed by atoms with E-state index in [1.165, 1.54) is 0 Å². The number of hydrogen-bond donors (Lipinski definition) is 1. The zero-order valence-corrected chi connectivity index (χ0v) is 13.2. The van der Waals surface area contributed by atoms with Crippen LogP contribution in [-0.2, 0) is 4.74 Å². The maximum atomic E-state index is 11.9. The molecule has 0 aliphatic carbocycles. The second kappa shape index (κ2) is 5.59. The van der Waals surface area contributed by atoms with E-state index in [2.05, 4.69) is 5.32 Å². The zero-order chi connectivity index (χ0) is 15.7. The number of fused-ring (bicyclic) bond motifs is 1. The molecule has 1 fully saturated rings. The molecule has 0 spiro atoms. The number of likely N-dealkylation sites (tertiary alicyclic amines) is 1. The van der Waals surface area contributed by atoms with Gasteiger partial charge in [0.1, 0.15) is 18.8 Å². The first kappa shape index (κ1) is 14.8. The Balaban J connectivity index is 1.51. The van der Waals surface area contributed by atoms with Crippen LogP contribution in [-0.4, -0.2) is 48.9 Å². The number of ether oxygens (including phenoxy) is 3. The molecule has 2 aliphatic heterocycles. The number of carbonyl (C=O) groups is 1. The molecule has 120 valence electrons. The molecular weight excluding hydrogens is 284 g/mol. The third kappa shape index (κ3) is 3.37. The highest BCUT2D eigenvalue weighted by Gasteiger charge is 2.33. The van der Waals surface area contributed by atoms with Crippen LogP contribution in [0.4, 0.5) is 10.5 Å². The van der Waals surface area contributed by atoms with Gasteiger partial charge in [0.25, 0.3) is 0 Å². The van der Waals surface area contributed by atoms with Crippen molar-refractivity contribution in [2.24, 2.45) is 0 Å². The molecule has 0 aromatic heterocycles. The lowest BCUT2D eigenvalue weighted by molar-refractivity contribution is 0.0105. The van der Waals surface area contributed by atoms with Gasteiger partial charge in [0.2, 0.25) is 0 Å². The molecule has 22 heavy (non-hydrogen) atoms. The zero-order valence-electron chi connectivity index (χ0n) is 13.2. The summed E-state index contributed by atoms with van der Waals surface area (Å²) in [7, 11) is 0. The van der Waals surface area contributed by atoms with Crippen molar-refractivity contribution in [3.63, 3.8) is 0 Å². The first-order valence-electron chi connectivity index (χ1n) is 7.55. The van der Waals surface area contributed by atoms with E-state index in [1.54, 1.807) is 4.90 Å². The number of anilines is 1. The van der Waals surface area contributed by atoms with Gasteiger partial charge in [0.15, 0.2) is 11.5 Å². The summed E-state index contributed by atoms with van der Waals surface area (Å²) in [6.07, 6.45) is -0.257. The van der Waals surface area contributed by atoms with Gasteiger partial charge < -0.3 is 24.4 Å². The Morgan fingerprint density at radius 1 is 1.23 bits per heavy atom. The van der Waals surface area contributed by atoms with Crippen molar-refractivity contribution in [3.05, 3.63) is 18.2 Å². The molecule has 0 atom stereocenters. The van der Waals surface area contributed by atoms with Crippen molar-refractivity contribution >= 4 is 11.8 Å². The average molecular weight is 306 g/mol. The van der Waals surface area contributed by atoms with Crippen molar-refractivity contribution in [2.75, 3.05) is 31.6 Å². The second-order valence-corrected chi connectivity index (χ2v) is 6.59. The summed E-state index contributed by atoms with van der Waals surface area (Å²) in [6.45, 7) is 8.06. The topological polar surface area (TPSA) is 60.0 Å². The monoisotopic (exact) mass is 306 g/mol. The molecule has 1 aromatic carbocycles. The van der Waals surface area contributed by atoms with Crippen LogP contribution < -0.4 is 14.8 Å². The van der Waals surface area contributed by atoms with E-state index in [4.69, 9.17) is 14.2 Å². The van der Waals surface area contributed by atoms with Crippen LogP contribution in [0.2, 0.25) is 0 Å². The first-order chi connectivity index (χ1) is 10.4. The third-order valence-electron chi connectivity index (χ3n) is 3.45. The molecule has 0 radical (unpaired) electrons. The lowest BCUT2D eigenvalue weighted by Gasteiger charge is -2.40. The van der Waals surface area contributed by atoms with Crippen LogP contribution in [0.3, 0.4) is 0 Å². The van der Waals surface area contributed by atoms with Crippen LogP contribution in [0, 0.1) is 0 Å². The van der Waals surface area contributed by atoms with E-state index in [1.807, 2.05) is 39.0 Å². The molecule has 2 aliphatic rings. The molecular formula is C16H22N2O4. The predicted molar refractivity (Wildman–Crippen MR) is 82.6 cm³/mol. The number of hydrogen-bond acceptors (Lipinski definition) is 5. The number of benzene rings is 1. The Bertz CT molecular complexity index is 562. The molecule has 0 bridgehead atoms. The van der Waals surface area contributed by atoms with Crippen LogP contribution in [0.15, 0.2) is 18.2 Å².